The molecular formula is C33H28FN3O5S. The molecule has 0 fully saturated rings. The van der Waals surface area contributed by atoms with Crippen LogP contribution in [0.25, 0.3) is 0 Å². The number of methoxy groups -OCH3 is 2. The number of imide groups is 1. The van der Waals surface area contributed by atoms with Crippen molar-refractivity contribution >= 4 is 46.5 Å². The van der Waals surface area contributed by atoms with Crippen molar-refractivity contribution in [2.75, 3.05) is 29.8 Å². The molecule has 0 saturated carbocycles. The van der Waals surface area contributed by atoms with E-state index in [0.717, 1.165) is 22.2 Å². The van der Waals surface area contributed by atoms with E-state index in [1.807, 2.05) is 30.3 Å². The van der Waals surface area contributed by atoms with Crippen LogP contribution in [0, 0.1) is 5.82 Å². The number of hydrogen-bond acceptors (Lipinski definition) is 7. The topological polar surface area (TPSA) is 97.0 Å². The Morgan fingerprint density at radius 3 is 2.35 bits per heavy atom. The fourth-order valence-corrected chi connectivity index (χ4v) is 5.44. The van der Waals surface area contributed by atoms with Gasteiger partial charge in [0.05, 0.1) is 25.6 Å². The number of amides is 3. The van der Waals surface area contributed by atoms with Gasteiger partial charge in [-0.25, -0.2) is 9.29 Å². The van der Waals surface area contributed by atoms with Gasteiger partial charge in [-0.1, -0.05) is 48.2 Å². The van der Waals surface area contributed by atoms with E-state index in [2.05, 4.69) is 10.6 Å². The third-order valence-corrected chi connectivity index (χ3v) is 7.69. The summed E-state index contributed by atoms with van der Waals surface area (Å²) in [6.07, 6.45) is 0.914. The molecular weight excluding hydrogens is 569 g/mol. The smallest absolute Gasteiger partial charge is 0.283 e. The second-order valence-electron chi connectivity index (χ2n) is 9.48. The number of rotatable bonds is 11. The molecule has 1 heterocycles. The highest BCUT2D eigenvalue weighted by Crippen LogP contribution is 2.40. The summed E-state index contributed by atoms with van der Waals surface area (Å²) in [7, 11) is 3.01. The zero-order valence-electron chi connectivity index (χ0n) is 23.4. The van der Waals surface area contributed by atoms with Crippen molar-refractivity contribution in [2.24, 2.45) is 0 Å². The number of hydrogen-bond donors (Lipinski definition) is 2. The molecule has 2 N–H and O–H groups in total. The predicted octanol–water partition coefficient (Wildman–Crippen LogP) is 6.40. The fourth-order valence-electron chi connectivity index (χ4n) is 4.46. The molecule has 218 valence electrons. The van der Waals surface area contributed by atoms with E-state index in [1.165, 1.54) is 38.5 Å². The van der Waals surface area contributed by atoms with Crippen LogP contribution in [-0.4, -0.2) is 31.9 Å². The Morgan fingerprint density at radius 2 is 1.63 bits per heavy atom. The first kappa shape index (κ1) is 29.4. The monoisotopic (exact) mass is 597 g/mol. The molecule has 0 unspecified atom stereocenters. The number of ether oxygens (including phenoxy) is 2. The van der Waals surface area contributed by atoms with Crippen LogP contribution in [0.15, 0.2) is 113 Å². The van der Waals surface area contributed by atoms with Crippen LogP contribution >= 0.6 is 11.8 Å². The van der Waals surface area contributed by atoms with E-state index >= 15 is 0 Å². The zero-order valence-corrected chi connectivity index (χ0v) is 24.2. The molecule has 3 amide bonds. The van der Waals surface area contributed by atoms with Crippen LogP contribution in [0.3, 0.4) is 0 Å². The summed E-state index contributed by atoms with van der Waals surface area (Å²) in [6, 6.07) is 26.9. The summed E-state index contributed by atoms with van der Waals surface area (Å²) in [5.41, 5.74) is 2.32. The van der Waals surface area contributed by atoms with E-state index < -0.39 is 17.6 Å². The molecule has 1 aliphatic heterocycles. The number of carbonyl (C=O) groups is 3. The Labute approximate surface area is 252 Å². The average molecular weight is 598 g/mol. The second-order valence-corrected chi connectivity index (χ2v) is 10.6. The van der Waals surface area contributed by atoms with E-state index in [0.29, 0.717) is 40.6 Å². The van der Waals surface area contributed by atoms with Gasteiger partial charge in [-0.15, -0.1) is 0 Å². The number of aryl methyl sites for hydroxylation is 1. The first-order valence-corrected chi connectivity index (χ1v) is 14.2. The Morgan fingerprint density at radius 1 is 0.860 bits per heavy atom. The average Bonchev–Trinajstić information content (AvgIpc) is 3.25. The number of carbonyl (C=O) groups excluding carboxylic acids is 3. The van der Waals surface area contributed by atoms with E-state index in [4.69, 9.17) is 9.47 Å². The minimum atomic E-state index is -0.609. The van der Waals surface area contributed by atoms with Gasteiger partial charge in [0.2, 0.25) is 5.91 Å². The van der Waals surface area contributed by atoms with Gasteiger partial charge in [-0.05, 0) is 66.6 Å². The van der Waals surface area contributed by atoms with E-state index in [9.17, 15) is 18.8 Å². The zero-order chi connectivity index (χ0) is 30.3. The van der Waals surface area contributed by atoms with Crippen LogP contribution < -0.4 is 25.0 Å². The number of benzene rings is 4. The van der Waals surface area contributed by atoms with Crippen LogP contribution in [-0.2, 0) is 20.8 Å². The van der Waals surface area contributed by atoms with Gasteiger partial charge in [0.15, 0.2) is 0 Å². The van der Waals surface area contributed by atoms with Gasteiger partial charge in [0.1, 0.15) is 27.9 Å². The quantitative estimate of drug-likeness (QED) is 0.193. The second kappa shape index (κ2) is 13.3. The first-order chi connectivity index (χ1) is 20.9. The van der Waals surface area contributed by atoms with Gasteiger partial charge < -0.3 is 20.1 Å². The van der Waals surface area contributed by atoms with Crippen LogP contribution in [0.5, 0.6) is 11.5 Å². The standard InChI is InChI=1S/C33H28FN3O5S/c1-41-25-16-17-27(28(20-25)42-2)36-30-31(33(40)37(32(30)39)24-14-12-22(34)13-15-24)43-26-10-6-9-23(19-26)35-29(38)18-11-21-7-4-3-5-8-21/h3-10,12-17,19-20,36H,11,18H2,1-2H3,(H,35,38). The fraction of sp³-hybridized carbons (Fsp3) is 0.121. The van der Waals surface area contributed by atoms with Crippen LogP contribution in [0.2, 0.25) is 0 Å². The van der Waals surface area contributed by atoms with Crippen LogP contribution in [0.4, 0.5) is 21.5 Å². The van der Waals surface area contributed by atoms with Gasteiger partial charge in [0, 0.05) is 23.1 Å². The Balaban J connectivity index is 1.42. The highest BCUT2D eigenvalue weighted by Gasteiger charge is 2.40. The number of thioether (sulfide) groups is 1. The molecule has 4 aromatic carbocycles. The lowest BCUT2D eigenvalue weighted by Gasteiger charge is -2.16. The number of anilines is 3. The molecule has 43 heavy (non-hydrogen) atoms. The molecule has 0 atom stereocenters. The molecule has 0 aliphatic carbocycles. The van der Waals surface area contributed by atoms with E-state index in [1.54, 1.807) is 42.5 Å². The molecule has 4 aromatic rings. The van der Waals surface area contributed by atoms with Gasteiger partial charge >= 0.3 is 0 Å². The Hall–Kier alpha value is -5.09. The maximum absolute atomic E-state index is 13.7. The summed E-state index contributed by atoms with van der Waals surface area (Å²) in [5.74, 6) is -0.869. The minimum absolute atomic E-state index is 0.0279. The molecule has 5 rings (SSSR count). The first-order valence-electron chi connectivity index (χ1n) is 13.4. The minimum Gasteiger partial charge on any atom is -0.497 e. The van der Waals surface area contributed by atoms with Crippen molar-refractivity contribution < 1.29 is 28.2 Å². The lowest BCUT2D eigenvalue weighted by Crippen LogP contribution is -2.32. The van der Waals surface area contributed by atoms with Crippen molar-refractivity contribution in [1.29, 1.82) is 0 Å². The Kier molecular flexibility index (Phi) is 9.07. The SMILES string of the molecule is COc1ccc(NC2=C(Sc3cccc(NC(=O)CCc4ccccc4)c3)C(=O)N(c3ccc(F)cc3)C2=O)c(OC)c1. The van der Waals surface area contributed by atoms with E-state index in [-0.39, 0.29) is 22.2 Å². The highest BCUT2D eigenvalue weighted by molar-refractivity contribution is 8.04. The molecule has 10 heteroatoms. The molecule has 0 spiro atoms. The van der Waals surface area contributed by atoms with Gasteiger partial charge in [0.25, 0.3) is 11.8 Å². The third-order valence-electron chi connectivity index (χ3n) is 6.62. The summed E-state index contributed by atoms with van der Waals surface area (Å²) >= 11 is 1.08. The number of halogens is 1. The summed E-state index contributed by atoms with van der Waals surface area (Å²) in [6.45, 7) is 0. The molecule has 0 bridgehead atoms. The highest BCUT2D eigenvalue weighted by atomic mass is 32.2. The maximum Gasteiger partial charge on any atom is 0.283 e. The van der Waals surface area contributed by atoms with Gasteiger partial charge in [-0.3, -0.25) is 14.4 Å². The van der Waals surface area contributed by atoms with Crippen LogP contribution in [0.1, 0.15) is 12.0 Å². The number of nitrogens with zero attached hydrogens (tertiary/aromatic N) is 1. The normalized spacial score (nSPS) is 12.9. The predicted molar refractivity (Wildman–Crippen MR) is 165 cm³/mol. The van der Waals surface area contributed by atoms with Crippen molar-refractivity contribution in [3.05, 3.63) is 119 Å². The summed E-state index contributed by atoms with van der Waals surface area (Å²) in [4.78, 5) is 41.8. The molecule has 0 aromatic heterocycles. The lowest BCUT2D eigenvalue weighted by molar-refractivity contribution is -0.120. The molecule has 8 nitrogen and oxygen atoms in total. The van der Waals surface area contributed by atoms with Crippen molar-refractivity contribution in [2.45, 2.75) is 17.7 Å². The largest absolute Gasteiger partial charge is 0.497 e. The Bertz CT molecular complexity index is 1690. The molecule has 0 saturated heterocycles. The molecule has 1 aliphatic rings. The number of nitrogens with one attached hydrogen (secondary N) is 2. The molecule has 0 radical (unpaired) electrons. The lowest BCUT2D eigenvalue weighted by atomic mass is 10.1. The van der Waals surface area contributed by atoms with Crippen molar-refractivity contribution in [3.63, 3.8) is 0 Å². The van der Waals surface area contributed by atoms with Crippen molar-refractivity contribution in [3.8, 4) is 11.5 Å². The van der Waals surface area contributed by atoms with Gasteiger partial charge in [-0.2, -0.15) is 0 Å². The summed E-state index contributed by atoms with van der Waals surface area (Å²) < 4.78 is 24.4. The summed E-state index contributed by atoms with van der Waals surface area (Å²) in [5, 5.41) is 5.98. The maximum atomic E-state index is 13.7. The third kappa shape index (κ3) is 6.87. The van der Waals surface area contributed by atoms with Crippen molar-refractivity contribution in [1.82, 2.24) is 0 Å².